The molecule has 0 saturated carbocycles. The summed E-state index contributed by atoms with van der Waals surface area (Å²) >= 11 is 0. The number of aliphatic carboxylic acids is 1. The van der Waals surface area contributed by atoms with E-state index in [1.165, 1.54) is 6.33 Å². The van der Waals surface area contributed by atoms with Crippen molar-refractivity contribution >= 4 is 5.97 Å². The standard InChI is InChI=1S/C13H12N2O3/c1-9-6-12(15-8-14-9)18-11-5-3-2-4-10(11)7-13(16)17/h2-6,8H,7H2,1H3,(H,16,17). The number of carbonyl (C=O) groups is 1. The van der Waals surface area contributed by atoms with Crippen molar-refractivity contribution in [1.82, 2.24) is 9.97 Å². The minimum absolute atomic E-state index is 0.0831. The van der Waals surface area contributed by atoms with E-state index in [0.717, 1.165) is 5.69 Å². The Morgan fingerprint density at radius 3 is 2.83 bits per heavy atom. The lowest BCUT2D eigenvalue weighted by atomic mass is 10.1. The van der Waals surface area contributed by atoms with Gasteiger partial charge in [0, 0.05) is 17.3 Å². The fourth-order valence-electron chi connectivity index (χ4n) is 1.51. The van der Waals surface area contributed by atoms with Crippen LogP contribution in [0.1, 0.15) is 11.3 Å². The molecule has 2 rings (SSSR count). The van der Waals surface area contributed by atoms with Crippen LogP contribution in [-0.4, -0.2) is 21.0 Å². The molecule has 0 atom stereocenters. The van der Waals surface area contributed by atoms with Crippen LogP contribution in [0.25, 0.3) is 0 Å². The molecule has 0 unspecified atom stereocenters. The van der Waals surface area contributed by atoms with E-state index in [1.807, 2.05) is 6.92 Å². The fraction of sp³-hybridized carbons (Fsp3) is 0.154. The van der Waals surface area contributed by atoms with Crippen molar-refractivity contribution in [1.29, 1.82) is 0 Å². The Balaban J connectivity index is 2.26. The van der Waals surface area contributed by atoms with Crippen molar-refractivity contribution in [2.75, 3.05) is 0 Å². The molecule has 92 valence electrons. The van der Waals surface area contributed by atoms with E-state index in [1.54, 1.807) is 30.3 Å². The van der Waals surface area contributed by atoms with Crippen LogP contribution in [-0.2, 0) is 11.2 Å². The summed E-state index contributed by atoms with van der Waals surface area (Å²) in [5, 5.41) is 8.82. The van der Waals surface area contributed by atoms with E-state index in [9.17, 15) is 4.79 Å². The molecule has 0 aliphatic rings. The van der Waals surface area contributed by atoms with Crippen LogP contribution in [0.15, 0.2) is 36.7 Å². The van der Waals surface area contributed by atoms with Crippen LogP contribution in [0.4, 0.5) is 0 Å². The lowest BCUT2D eigenvalue weighted by molar-refractivity contribution is -0.136. The summed E-state index contributed by atoms with van der Waals surface area (Å²) in [7, 11) is 0. The number of ether oxygens (including phenoxy) is 1. The molecule has 1 heterocycles. The molecule has 0 spiro atoms. The largest absolute Gasteiger partial charge is 0.481 e. The number of carboxylic acid groups (broad SMARTS) is 1. The topological polar surface area (TPSA) is 72.3 Å². The molecule has 1 aromatic heterocycles. The number of aryl methyl sites for hydroxylation is 1. The second kappa shape index (κ2) is 5.27. The summed E-state index contributed by atoms with van der Waals surface area (Å²) in [4.78, 5) is 18.7. The summed E-state index contributed by atoms with van der Waals surface area (Å²) in [5.41, 5.74) is 1.40. The Hall–Kier alpha value is -2.43. The van der Waals surface area contributed by atoms with Gasteiger partial charge in [0.2, 0.25) is 5.88 Å². The van der Waals surface area contributed by atoms with Gasteiger partial charge in [-0.2, -0.15) is 0 Å². The highest BCUT2D eigenvalue weighted by molar-refractivity contribution is 5.71. The fourth-order valence-corrected chi connectivity index (χ4v) is 1.51. The van der Waals surface area contributed by atoms with Crippen molar-refractivity contribution < 1.29 is 14.6 Å². The first kappa shape index (κ1) is 12.0. The summed E-state index contributed by atoms with van der Waals surface area (Å²) < 4.78 is 5.58. The first-order valence-corrected chi connectivity index (χ1v) is 5.41. The Kier molecular flexibility index (Phi) is 3.52. The van der Waals surface area contributed by atoms with Crippen LogP contribution in [0.3, 0.4) is 0 Å². The SMILES string of the molecule is Cc1cc(Oc2ccccc2CC(=O)O)ncn1. The van der Waals surface area contributed by atoms with Gasteiger partial charge in [0.25, 0.3) is 0 Å². The normalized spacial score (nSPS) is 10.1. The summed E-state index contributed by atoms with van der Waals surface area (Å²) in [6.45, 7) is 1.83. The third-order valence-corrected chi connectivity index (χ3v) is 2.31. The number of hydrogen-bond acceptors (Lipinski definition) is 4. The third-order valence-electron chi connectivity index (χ3n) is 2.31. The van der Waals surface area contributed by atoms with Crippen molar-refractivity contribution in [3.63, 3.8) is 0 Å². The zero-order valence-electron chi connectivity index (χ0n) is 9.83. The van der Waals surface area contributed by atoms with E-state index < -0.39 is 5.97 Å². The lowest BCUT2D eigenvalue weighted by Crippen LogP contribution is -2.02. The zero-order valence-corrected chi connectivity index (χ0v) is 9.83. The van der Waals surface area contributed by atoms with Gasteiger partial charge in [-0.3, -0.25) is 4.79 Å². The maximum Gasteiger partial charge on any atom is 0.307 e. The molecule has 1 N–H and O–H groups in total. The van der Waals surface area contributed by atoms with E-state index in [0.29, 0.717) is 17.2 Å². The van der Waals surface area contributed by atoms with Gasteiger partial charge in [0.15, 0.2) is 0 Å². The second-order valence-electron chi connectivity index (χ2n) is 3.78. The van der Waals surface area contributed by atoms with Gasteiger partial charge in [0.05, 0.1) is 6.42 Å². The lowest BCUT2D eigenvalue weighted by Gasteiger charge is -2.08. The quantitative estimate of drug-likeness (QED) is 0.892. The third kappa shape index (κ3) is 3.04. The maximum absolute atomic E-state index is 10.7. The summed E-state index contributed by atoms with van der Waals surface area (Å²) in [6, 6.07) is 8.69. The molecule has 0 saturated heterocycles. The van der Waals surface area contributed by atoms with Crippen LogP contribution in [0.2, 0.25) is 0 Å². The Morgan fingerprint density at radius 1 is 1.33 bits per heavy atom. The first-order chi connectivity index (χ1) is 8.65. The first-order valence-electron chi connectivity index (χ1n) is 5.41. The van der Waals surface area contributed by atoms with E-state index in [2.05, 4.69) is 9.97 Å². The second-order valence-corrected chi connectivity index (χ2v) is 3.78. The molecule has 5 heteroatoms. The maximum atomic E-state index is 10.7. The minimum Gasteiger partial charge on any atom is -0.481 e. The Morgan fingerprint density at radius 2 is 2.11 bits per heavy atom. The molecule has 1 aromatic carbocycles. The van der Waals surface area contributed by atoms with Crippen molar-refractivity contribution in [2.45, 2.75) is 13.3 Å². The molecule has 18 heavy (non-hydrogen) atoms. The van der Waals surface area contributed by atoms with Gasteiger partial charge in [-0.1, -0.05) is 18.2 Å². The molecule has 0 aliphatic carbocycles. The van der Waals surface area contributed by atoms with Gasteiger partial charge < -0.3 is 9.84 Å². The van der Waals surface area contributed by atoms with Crippen LogP contribution in [0, 0.1) is 6.92 Å². The van der Waals surface area contributed by atoms with Crippen molar-refractivity contribution in [3.8, 4) is 11.6 Å². The number of aromatic nitrogens is 2. The minimum atomic E-state index is -0.898. The average molecular weight is 244 g/mol. The molecule has 0 aliphatic heterocycles. The smallest absolute Gasteiger partial charge is 0.307 e. The average Bonchev–Trinajstić information content (AvgIpc) is 2.31. The number of para-hydroxylation sites is 1. The number of nitrogens with zero attached hydrogens (tertiary/aromatic N) is 2. The van der Waals surface area contributed by atoms with Gasteiger partial charge in [-0.25, -0.2) is 9.97 Å². The highest BCUT2D eigenvalue weighted by Crippen LogP contribution is 2.24. The molecule has 2 aromatic rings. The number of rotatable bonds is 4. The van der Waals surface area contributed by atoms with E-state index in [4.69, 9.17) is 9.84 Å². The van der Waals surface area contributed by atoms with Crippen molar-refractivity contribution in [2.24, 2.45) is 0 Å². The Labute approximate surface area is 104 Å². The van der Waals surface area contributed by atoms with Gasteiger partial charge in [-0.05, 0) is 13.0 Å². The summed E-state index contributed by atoms with van der Waals surface area (Å²) in [5.74, 6) is 0.00302. The highest BCUT2D eigenvalue weighted by atomic mass is 16.5. The summed E-state index contributed by atoms with van der Waals surface area (Å²) in [6.07, 6.45) is 1.32. The molecule has 0 radical (unpaired) electrons. The molecule has 5 nitrogen and oxygen atoms in total. The van der Waals surface area contributed by atoms with Gasteiger partial charge in [0.1, 0.15) is 12.1 Å². The molecule has 0 amide bonds. The number of benzene rings is 1. The zero-order chi connectivity index (χ0) is 13.0. The number of hydrogen-bond donors (Lipinski definition) is 1. The highest BCUT2D eigenvalue weighted by Gasteiger charge is 2.08. The monoisotopic (exact) mass is 244 g/mol. The van der Waals surface area contributed by atoms with Crippen molar-refractivity contribution in [3.05, 3.63) is 47.9 Å². The van der Waals surface area contributed by atoms with E-state index >= 15 is 0 Å². The molecular formula is C13H12N2O3. The van der Waals surface area contributed by atoms with Gasteiger partial charge >= 0.3 is 5.97 Å². The number of carboxylic acids is 1. The molecule has 0 bridgehead atoms. The Bertz CT molecular complexity index is 570. The van der Waals surface area contributed by atoms with Gasteiger partial charge in [-0.15, -0.1) is 0 Å². The van der Waals surface area contributed by atoms with Crippen LogP contribution < -0.4 is 4.74 Å². The van der Waals surface area contributed by atoms with Crippen LogP contribution >= 0.6 is 0 Å². The van der Waals surface area contributed by atoms with Crippen LogP contribution in [0.5, 0.6) is 11.6 Å². The van der Waals surface area contributed by atoms with E-state index in [-0.39, 0.29) is 6.42 Å². The molecule has 0 fully saturated rings. The molecular weight excluding hydrogens is 232 g/mol. The predicted octanol–water partition coefficient (Wildman–Crippen LogP) is 2.20. The predicted molar refractivity (Wildman–Crippen MR) is 64.6 cm³/mol.